The number of hydrogen-bond acceptors (Lipinski definition) is 6. The second kappa shape index (κ2) is 9.72. The Balaban J connectivity index is 1.49. The number of benzene rings is 1. The van der Waals surface area contributed by atoms with E-state index in [9.17, 15) is 33.1 Å². The molecule has 0 aliphatic carbocycles. The zero-order valence-electron chi connectivity index (χ0n) is 19.1. The van der Waals surface area contributed by atoms with Gasteiger partial charge in [-0.25, -0.2) is 8.78 Å². The monoisotopic (exact) mass is 489 g/mol. The van der Waals surface area contributed by atoms with Crippen molar-refractivity contribution in [2.75, 3.05) is 38.4 Å². The van der Waals surface area contributed by atoms with Crippen LogP contribution in [0.15, 0.2) is 29.2 Å². The molecular weight excluding hydrogens is 464 g/mol. The number of aromatic hydroxyl groups is 1. The fraction of sp³-hybridized carbons (Fsp3) is 0.391. The van der Waals surface area contributed by atoms with Crippen LogP contribution in [0.2, 0.25) is 0 Å². The summed E-state index contributed by atoms with van der Waals surface area (Å²) < 4.78 is 28.1. The number of amides is 3. The molecule has 3 heterocycles. The van der Waals surface area contributed by atoms with Crippen LogP contribution in [0.3, 0.4) is 0 Å². The van der Waals surface area contributed by atoms with Gasteiger partial charge in [0.25, 0.3) is 11.8 Å². The standard InChI is InChI=1S/C23H25F2N5O5/c1-27-13-29(9-3-8-28-7-2-4-18(28)31)23(35)19-21(33)20(32)16(12-30(19)27)22(34)26-11-14-5-6-15(24)10-17(14)25/h5-6,10,12,33H,2-4,7-9,11,13H2,1H3,(H,26,34). The van der Waals surface area contributed by atoms with Gasteiger partial charge in [0, 0.05) is 57.5 Å². The van der Waals surface area contributed by atoms with Crippen molar-refractivity contribution in [3.8, 4) is 5.75 Å². The van der Waals surface area contributed by atoms with Crippen LogP contribution in [0.5, 0.6) is 5.75 Å². The maximum atomic E-state index is 13.8. The summed E-state index contributed by atoms with van der Waals surface area (Å²) in [6, 6.07) is 2.89. The van der Waals surface area contributed by atoms with Crippen molar-refractivity contribution < 1.29 is 28.3 Å². The lowest BCUT2D eigenvalue weighted by atomic mass is 10.1. The quantitative estimate of drug-likeness (QED) is 0.594. The summed E-state index contributed by atoms with van der Waals surface area (Å²) in [7, 11) is 1.62. The van der Waals surface area contributed by atoms with E-state index in [1.165, 1.54) is 15.6 Å². The van der Waals surface area contributed by atoms with E-state index in [4.69, 9.17) is 0 Å². The lowest BCUT2D eigenvalue weighted by molar-refractivity contribution is -0.127. The average Bonchev–Trinajstić information content (AvgIpc) is 3.22. The first kappa shape index (κ1) is 24.2. The zero-order chi connectivity index (χ0) is 25.3. The molecule has 1 aromatic heterocycles. The molecule has 12 heteroatoms. The Morgan fingerprint density at radius 2 is 1.89 bits per heavy atom. The average molecular weight is 489 g/mol. The van der Waals surface area contributed by atoms with Crippen molar-refractivity contribution in [2.45, 2.75) is 25.8 Å². The number of fused-ring (bicyclic) bond motifs is 1. The maximum absolute atomic E-state index is 13.8. The molecule has 1 fully saturated rings. The summed E-state index contributed by atoms with van der Waals surface area (Å²) in [6.45, 7) is 1.34. The number of pyridine rings is 1. The number of carbonyl (C=O) groups excluding carboxylic acids is 3. The van der Waals surface area contributed by atoms with E-state index in [0.29, 0.717) is 38.5 Å². The van der Waals surface area contributed by atoms with Crippen molar-refractivity contribution in [3.05, 3.63) is 63.1 Å². The second-order valence-electron chi connectivity index (χ2n) is 8.54. The molecule has 0 bridgehead atoms. The van der Waals surface area contributed by atoms with Gasteiger partial charge in [-0.3, -0.25) is 28.9 Å². The minimum atomic E-state index is -1.04. The lowest BCUT2D eigenvalue weighted by Crippen LogP contribution is -2.53. The molecule has 0 spiro atoms. The van der Waals surface area contributed by atoms with E-state index in [1.54, 1.807) is 17.0 Å². The molecule has 0 saturated carbocycles. The summed E-state index contributed by atoms with van der Waals surface area (Å²) in [5.74, 6) is -3.86. The van der Waals surface area contributed by atoms with E-state index in [0.717, 1.165) is 18.7 Å². The SMILES string of the molecule is CN1CN(CCCN2CCCC2=O)C(=O)c2c(O)c(=O)c(C(=O)NCc3ccc(F)cc3F)cn21. The van der Waals surface area contributed by atoms with E-state index < -0.39 is 40.2 Å². The van der Waals surface area contributed by atoms with Crippen LogP contribution >= 0.6 is 0 Å². The van der Waals surface area contributed by atoms with Gasteiger partial charge in [-0.2, -0.15) is 0 Å². The Morgan fingerprint density at radius 1 is 1.14 bits per heavy atom. The number of rotatable bonds is 7. The fourth-order valence-corrected chi connectivity index (χ4v) is 4.25. The Bertz CT molecular complexity index is 1250. The predicted molar refractivity (Wildman–Crippen MR) is 120 cm³/mol. The highest BCUT2D eigenvalue weighted by Gasteiger charge is 2.33. The van der Waals surface area contributed by atoms with Gasteiger partial charge in [-0.05, 0) is 18.9 Å². The van der Waals surface area contributed by atoms with Crippen LogP contribution in [-0.2, 0) is 11.3 Å². The summed E-state index contributed by atoms with van der Waals surface area (Å²) in [4.78, 5) is 53.3. The third-order valence-electron chi connectivity index (χ3n) is 6.12. The molecule has 2 aromatic rings. The number of aromatic nitrogens is 1. The van der Waals surface area contributed by atoms with Gasteiger partial charge in [0.2, 0.25) is 11.3 Å². The lowest BCUT2D eigenvalue weighted by Gasteiger charge is -2.37. The Hall–Kier alpha value is -3.96. The molecule has 1 aromatic carbocycles. The van der Waals surface area contributed by atoms with Gasteiger partial charge in [0.15, 0.2) is 11.4 Å². The van der Waals surface area contributed by atoms with Gasteiger partial charge < -0.3 is 20.2 Å². The molecule has 2 aliphatic heterocycles. The summed E-state index contributed by atoms with van der Waals surface area (Å²) >= 11 is 0. The van der Waals surface area contributed by atoms with Crippen LogP contribution in [-0.4, -0.2) is 70.7 Å². The van der Waals surface area contributed by atoms with Gasteiger partial charge in [-0.1, -0.05) is 6.07 Å². The second-order valence-corrected chi connectivity index (χ2v) is 8.54. The van der Waals surface area contributed by atoms with Crippen molar-refractivity contribution in [1.82, 2.24) is 19.8 Å². The van der Waals surface area contributed by atoms with Crippen LogP contribution in [0.25, 0.3) is 0 Å². The molecule has 10 nitrogen and oxygen atoms in total. The highest BCUT2D eigenvalue weighted by Crippen LogP contribution is 2.21. The number of hydrogen-bond donors (Lipinski definition) is 2. The van der Waals surface area contributed by atoms with Gasteiger partial charge in [0.05, 0.1) is 0 Å². The van der Waals surface area contributed by atoms with Gasteiger partial charge >= 0.3 is 0 Å². The Kier molecular flexibility index (Phi) is 6.72. The number of likely N-dealkylation sites (tertiary alicyclic amines) is 1. The molecular formula is C23H25F2N5O5. The van der Waals surface area contributed by atoms with Gasteiger partial charge in [0.1, 0.15) is 23.9 Å². The normalized spacial score (nSPS) is 15.6. The van der Waals surface area contributed by atoms with E-state index in [-0.39, 0.29) is 30.4 Å². The fourth-order valence-electron chi connectivity index (χ4n) is 4.25. The molecule has 0 radical (unpaired) electrons. The molecule has 2 aliphatic rings. The molecule has 1 saturated heterocycles. The van der Waals surface area contributed by atoms with Crippen LogP contribution in [0, 0.1) is 11.6 Å². The molecule has 4 rings (SSSR count). The summed E-state index contributed by atoms with van der Waals surface area (Å²) in [5.41, 5.74) is -1.74. The molecule has 186 valence electrons. The first-order chi connectivity index (χ1) is 16.7. The summed E-state index contributed by atoms with van der Waals surface area (Å²) in [5, 5.41) is 14.5. The third kappa shape index (κ3) is 4.81. The van der Waals surface area contributed by atoms with E-state index in [1.807, 2.05) is 0 Å². The highest BCUT2D eigenvalue weighted by atomic mass is 19.1. The minimum Gasteiger partial charge on any atom is -0.502 e. The van der Waals surface area contributed by atoms with Crippen molar-refractivity contribution in [2.24, 2.45) is 0 Å². The largest absolute Gasteiger partial charge is 0.502 e. The molecule has 2 N–H and O–H groups in total. The molecule has 3 amide bonds. The highest BCUT2D eigenvalue weighted by molar-refractivity contribution is 5.99. The Labute approximate surface area is 199 Å². The zero-order valence-corrected chi connectivity index (χ0v) is 19.1. The first-order valence-electron chi connectivity index (χ1n) is 11.2. The number of nitrogens with one attached hydrogen (secondary N) is 1. The van der Waals surface area contributed by atoms with Crippen molar-refractivity contribution in [3.63, 3.8) is 0 Å². The van der Waals surface area contributed by atoms with Gasteiger partial charge in [-0.15, -0.1) is 0 Å². The third-order valence-corrected chi connectivity index (χ3v) is 6.12. The van der Waals surface area contributed by atoms with Crippen molar-refractivity contribution in [1.29, 1.82) is 0 Å². The Morgan fingerprint density at radius 3 is 2.57 bits per heavy atom. The molecule has 35 heavy (non-hydrogen) atoms. The first-order valence-corrected chi connectivity index (χ1v) is 11.2. The topological polar surface area (TPSA) is 115 Å². The smallest absolute Gasteiger partial charge is 0.277 e. The number of carbonyl (C=O) groups is 3. The minimum absolute atomic E-state index is 0.0144. The molecule has 0 atom stereocenters. The van der Waals surface area contributed by atoms with Crippen molar-refractivity contribution >= 4 is 17.7 Å². The van der Waals surface area contributed by atoms with E-state index in [2.05, 4.69) is 5.32 Å². The number of nitrogens with zero attached hydrogens (tertiary/aromatic N) is 4. The van der Waals surface area contributed by atoms with E-state index >= 15 is 0 Å². The van der Waals surface area contributed by atoms with Crippen LogP contribution < -0.4 is 15.8 Å². The summed E-state index contributed by atoms with van der Waals surface area (Å²) in [6.07, 6.45) is 3.04. The van der Waals surface area contributed by atoms with Crippen LogP contribution in [0.4, 0.5) is 8.78 Å². The predicted octanol–water partition coefficient (Wildman–Crippen LogP) is 0.756. The maximum Gasteiger partial charge on any atom is 0.277 e. The number of halogens is 2. The van der Waals surface area contributed by atoms with Crippen LogP contribution in [0.1, 0.15) is 45.7 Å². The molecule has 0 unspecified atom stereocenters.